The molecule has 0 spiro atoms. The number of hydrogen-bond acceptors (Lipinski definition) is 4. The molecule has 0 unspecified atom stereocenters. The zero-order valence-corrected chi connectivity index (χ0v) is 9.70. The summed E-state index contributed by atoms with van der Waals surface area (Å²) < 4.78 is 30.1. The Morgan fingerprint density at radius 2 is 2.31 bits per heavy atom. The van der Waals surface area contributed by atoms with Crippen LogP contribution in [0.2, 0.25) is 0 Å². The minimum absolute atomic E-state index is 0.0254. The first kappa shape index (κ1) is 12.8. The van der Waals surface area contributed by atoms with Crippen molar-refractivity contribution in [1.82, 2.24) is 4.98 Å². The second kappa shape index (κ2) is 5.15. The van der Waals surface area contributed by atoms with Gasteiger partial charge in [-0.3, -0.25) is 15.1 Å². The molecule has 1 rings (SSSR count). The highest BCUT2D eigenvalue weighted by atomic mass is 79.9. The third kappa shape index (κ3) is 2.26. The fourth-order valence-corrected chi connectivity index (χ4v) is 1.66. The van der Waals surface area contributed by atoms with Gasteiger partial charge in [-0.15, -0.1) is 0 Å². The summed E-state index contributed by atoms with van der Waals surface area (Å²) in [5.41, 5.74) is -1.09. The molecule has 0 bridgehead atoms. The predicted molar refractivity (Wildman–Crippen MR) is 55.0 cm³/mol. The lowest BCUT2D eigenvalue weighted by molar-refractivity contribution is -0.386. The zero-order valence-electron chi connectivity index (χ0n) is 8.11. The Morgan fingerprint density at radius 1 is 1.69 bits per heavy atom. The summed E-state index contributed by atoms with van der Waals surface area (Å²) in [5.74, 6) is -0.440. The van der Waals surface area contributed by atoms with Crippen LogP contribution < -0.4 is 4.74 Å². The van der Waals surface area contributed by atoms with E-state index in [-0.39, 0.29) is 11.0 Å². The summed E-state index contributed by atoms with van der Waals surface area (Å²) >= 11 is 2.98. The van der Waals surface area contributed by atoms with Crippen molar-refractivity contribution in [1.29, 1.82) is 0 Å². The molecule has 1 heterocycles. The van der Waals surface area contributed by atoms with Crippen molar-refractivity contribution in [2.45, 2.75) is 11.8 Å². The molecule has 5 nitrogen and oxygen atoms in total. The van der Waals surface area contributed by atoms with Gasteiger partial charge in [0, 0.05) is 5.33 Å². The molecule has 8 heteroatoms. The Balaban J connectivity index is 3.49. The minimum atomic E-state index is -2.88. The molecule has 0 aliphatic heterocycles. The Kier molecular flexibility index (Phi) is 4.11. The van der Waals surface area contributed by atoms with Gasteiger partial charge in [-0.2, -0.15) is 0 Å². The van der Waals surface area contributed by atoms with Crippen LogP contribution in [-0.2, 0) is 5.33 Å². The van der Waals surface area contributed by atoms with Crippen molar-refractivity contribution in [2.75, 3.05) is 7.11 Å². The van der Waals surface area contributed by atoms with Crippen LogP contribution in [0.5, 0.6) is 5.75 Å². The number of rotatable bonds is 4. The minimum Gasteiger partial charge on any atom is -0.490 e. The summed E-state index contributed by atoms with van der Waals surface area (Å²) in [5, 5.41) is 10.7. The second-order valence-corrected chi connectivity index (χ2v) is 3.29. The van der Waals surface area contributed by atoms with Crippen LogP contribution in [0.15, 0.2) is 6.20 Å². The van der Waals surface area contributed by atoms with E-state index < -0.39 is 28.3 Å². The Morgan fingerprint density at radius 3 is 2.69 bits per heavy atom. The maximum absolute atomic E-state index is 12.7. The molecule has 0 amide bonds. The van der Waals surface area contributed by atoms with E-state index in [9.17, 15) is 18.9 Å². The van der Waals surface area contributed by atoms with Crippen molar-refractivity contribution in [3.63, 3.8) is 0 Å². The first-order chi connectivity index (χ1) is 7.52. The third-order valence-electron chi connectivity index (χ3n) is 1.88. The van der Waals surface area contributed by atoms with Crippen LogP contribution in [0.3, 0.4) is 0 Å². The first-order valence-corrected chi connectivity index (χ1v) is 5.19. The number of ether oxygens (including phenoxy) is 1. The number of pyridine rings is 1. The van der Waals surface area contributed by atoms with Gasteiger partial charge in [0.15, 0.2) is 0 Å². The van der Waals surface area contributed by atoms with Crippen molar-refractivity contribution >= 4 is 21.6 Å². The highest BCUT2D eigenvalue weighted by Gasteiger charge is 2.27. The molecule has 0 N–H and O–H groups in total. The summed E-state index contributed by atoms with van der Waals surface area (Å²) in [6.45, 7) is 0. The number of nitrogens with zero attached hydrogens (tertiary/aromatic N) is 2. The standard InChI is InChI=1S/C8H7BrF2N2O3/c1-16-7-5(13(14)15)3-12-4(2-9)6(7)8(10)11/h3,8H,2H2,1H3. The summed E-state index contributed by atoms with van der Waals surface area (Å²) in [4.78, 5) is 13.4. The molecule has 0 aliphatic carbocycles. The molecule has 0 aromatic carbocycles. The van der Waals surface area contributed by atoms with E-state index in [1.54, 1.807) is 0 Å². The topological polar surface area (TPSA) is 65.3 Å². The van der Waals surface area contributed by atoms with Gasteiger partial charge < -0.3 is 4.74 Å². The van der Waals surface area contributed by atoms with E-state index in [4.69, 9.17) is 0 Å². The zero-order chi connectivity index (χ0) is 12.3. The van der Waals surface area contributed by atoms with E-state index in [1.807, 2.05) is 0 Å². The van der Waals surface area contributed by atoms with Crippen molar-refractivity contribution in [2.24, 2.45) is 0 Å². The molecule has 0 atom stereocenters. The van der Waals surface area contributed by atoms with E-state index >= 15 is 0 Å². The van der Waals surface area contributed by atoms with Crippen LogP contribution >= 0.6 is 15.9 Å². The quantitative estimate of drug-likeness (QED) is 0.487. The average Bonchev–Trinajstić information content (AvgIpc) is 2.26. The first-order valence-electron chi connectivity index (χ1n) is 4.07. The molecule has 1 aromatic heterocycles. The van der Waals surface area contributed by atoms with Gasteiger partial charge in [0.25, 0.3) is 6.43 Å². The Labute approximate surface area is 97.7 Å². The molecule has 0 fully saturated rings. The van der Waals surface area contributed by atoms with E-state index in [2.05, 4.69) is 25.7 Å². The van der Waals surface area contributed by atoms with Gasteiger partial charge in [0.05, 0.1) is 23.3 Å². The average molecular weight is 297 g/mol. The lowest BCUT2D eigenvalue weighted by atomic mass is 10.1. The van der Waals surface area contributed by atoms with Gasteiger partial charge in [0.1, 0.15) is 6.20 Å². The molecule has 0 radical (unpaired) electrons. The number of alkyl halides is 3. The van der Waals surface area contributed by atoms with Gasteiger partial charge in [-0.05, 0) is 0 Å². The highest BCUT2D eigenvalue weighted by molar-refractivity contribution is 9.08. The van der Waals surface area contributed by atoms with E-state index in [0.717, 1.165) is 13.3 Å². The molecule has 0 saturated heterocycles. The molecular weight excluding hydrogens is 290 g/mol. The van der Waals surface area contributed by atoms with E-state index in [0.29, 0.717) is 0 Å². The van der Waals surface area contributed by atoms with Crippen LogP contribution in [0.25, 0.3) is 0 Å². The van der Waals surface area contributed by atoms with Crippen molar-refractivity contribution in [3.05, 3.63) is 27.6 Å². The van der Waals surface area contributed by atoms with Crippen LogP contribution in [0.4, 0.5) is 14.5 Å². The molecule has 1 aromatic rings. The number of hydrogen-bond donors (Lipinski definition) is 0. The molecular formula is C8H7BrF2N2O3. The predicted octanol–water partition coefficient (Wildman–Crippen LogP) is 2.83. The van der Waals surface area contributed by atoms with Crippen LogP contribution in [0.1, 0.15) is 17.7 Å². The fourth-order valence-electron chi connectivity index (χ4n) is 1.21. The van der Waals surface area contributed by atoms with Gasteiger partial charge in [0.2, 0.25) is 5.75 Å². The lowest BCUT2D eigenvalue weighted by Gasteiger charge is -2.10. The van der Waals surface area contributed by atoms with E-state index in [1.165, 1.54) is 0 Å². The highest BCUT2D eigenvalue weighted by Crippen LogP contribution is 2.38. The third-order valence-corrected chi connectivity index (χ3v) is 2.41. The number of nitro groups is 1. The fraction of sp³-hybridized carbons (Fsp3) is 0.375. The molecule has 16 heavy (non-hydrogen) atoms. The normalized spacial score (nSPS) is 10.6. The smallest absolute Gasteiger partial charge is 0.329 e. The maximum atomic E-state index is 12.7. The summed E-state index contributed by atoms with van der Waals surface area (Å²) in [6.07, 6.45) is -1.98. The molecule has 0 aliphatic rings. The monoisotopic (exact) mass is 296 g/mol. The largest absolute Gasteiger partial charge is 0.490 e. The number of aromatic nitrogens is 1. The Bertz CT molecular complexity index is 415. The van der Waals surface area contributed by atoms with Crippen molar-refractivity contribution in [3.8, 4) is 5.75 Å². The molecule has 0 saturated carbocycles. The summed E-state index contributed by atoms with van der Waals surface area (Å²) in [6, 6.07) is 0. The van der Waals surface area contributed by atoms with Crippen molar-refractivity contribution < 1.29 is 18.4 Å². The lowest BCUT2D eigenvalue weighted by Crippen LogP contribution is -2.04. The molecule has 88 valence electrons. The second-order valence-electron chi connectivity index (χ2n) is 2.73. The van der Waals surface area contributed by atoms with Gasteiger partial charge in [-0.1, -0.05) is 15.9 Å². The summed E-state index contributed by atoms with van der Waals surface area (Å²) in [7, 11) is 1.10. The van der Waals surface area contributed by atoms with Gasteiger partial charge in [-0.25, -0.2) is 8.78 Å². The number of halogens is 3. The van der Waals surface area contributed by atoms with Gasteiger partial charge >= 0.3 is 5.69 Å². The maximum Gasteiger partial charge on any atom is 0.329 e. The SMILES string of the molecule is COc1c([N+](=O)[O-])cnc(CBr)c1C(F)F. The Hall–Kier alpha value is -1.31. The number of methoxy groups -OCH3 is 1. The van der Waals surface area contributed by atoms with Crippen LogP contribution in [-0.4, -0.2) is 17.0 Å². The van der Waals surface area contributed by atoms with Crippen LogP contribution in [0, 0.1) is 10.1 Å².